The van der Waals surface area contributed by atoms with Gasteiger partial charge in [0.2, 0.25) is 0 Å². The van der Waals surface area contributed by atoms with Gasteiger partial charge in [-0.25, -0.2) is 4.98 Å². The molecule has 7 nitrogen and oxygen atoms in total. The summed E-state index contributed by atoms with van der Waals surface area (Å²) in [5.74, 6) is -0.531. The Balaban J connectivity index is 2.95. The molecule has 0 amide bonds. The molecule has 18 heavy (non-hydrogen) atoms. The summed E-state index contributed by atoms with van der Waals surface area (Å²) in [6.07, 6.45) is 1.08. The molecule has 0 aliphatic heterocycles. The van der Waals surface area contributed by atoms with Crippen molar-refractivity contribution < 1.29 is 14.8 Å². The first-order chi connectivity index (χ1) is 8.32. The third-order valence-electron chi connectivity index (χ3n) is 2.30. The van der Waals surface area contributed by atoms with Crippen LogP contribution in [0.2, 0.25) is 0 Å². The molecule has 2 N–H and O–H groups in total. The van der Waals surface area contributed by atoms with Crippen molar-refractivity contribution in [2.75, 3.05) is 5.32 Å². The number of rotatable bonds is 5. The summed E-state index contributed by atoms with van der Waals surface area (Å²) < 4.78 is 0.467. The van der Waals surface area contributed by atoms with Crippen molar-refractivity contribution in [2.45, 2.75) is 26.3 Å². The van der Waals surface area contributed by atoms with Crippen LogP contribution in [0.25, 0.3) is 0 Å². The second kappa shape index (κ2) is 5.76. The van der Waals surface area contributed by atoms with Gasteiger partial charge >= 0.3 is 5.97 Å². The number of anilines is 1. The molecular formula is C10H12BrN3O4. The number of pyridine rings is 1. The van der Waals surface area contributed by atoms with E-state index in [1.54, 1.807) is 13.8 Å². The Hall–Kier alpha value is -1.70. The number of aliphatic carboxylic acids is 1. The van der Waals surface area contributed by atoms with Crippen LogP contribution in [0.15, 0.2) is 10.7 Å². The van der Waals surface area contributed by atoms with Gasteiger partial charge in [-0.15, -0.1) is 0 Å². The Bertz CT molecular complexity index is 492. The predicted molar refractivity (Wildman–Crippen MR) is 68.7 cm³/mol. The fraction of sp³-hybridized carbons (Fsp3) is 0.400. The third kappa shape index (κ3) is 3.39. The minimum atomic E-state index is -0.926. The van der Waals surface area contributed by atoms with Crippen LogP contribution >= 0.6 is 15.9 Å². The van der Waals surface area contributed by atoms with Crippen molar-refractivity contribution in [3.8, 4) is 0 Å². The lowest BCUT2D eigenvalue weighted by Crippen LogP contribution is -2.20. The van der Waals surface area contributed by atoms with Crippen LogP contribution in [0, 0.1) is 17.0 Å². The molecule has 1 rings (SSSR count). The average molecular weight is 318 g/mol. The van der Waals surface area contributed by atoms with Gasteiger partial charge in [0.25, 0.3) is 5.69 Å². The first-order valence-corrected chi connectivity index (χ1v) is 5.90. The van der Waals surface area contributed by atoms with Crippen LogP contribution in [-0.4, -0.2) is 27.0 Å². The van der Waals surface area contributed by atoms with Crippen LogP contribution in [-0.2, 0) is 4.79 Å². The van der Waals surface area contributed by atoms with Gasteiger partial charge in [-0.3, -0.25) is 14.9 Å². The van der Waals surface area contributed by atoms with E-state index in [0.29, 0.717) is 15.9 Å². The Morgan fingerprint density at radius 1 is 1.72 bits per heavy atom. The van der Waals surface area contributed by atoms with Crippen LogP contribution in [0.4, 0.5) is 11.5 Å². The Labute approximate surface area is 112 Å². The number of aromatic nitrogens is 1. The fourth-order valence-electron chi connectivity index (χ4n) is 1.40. The van der Waals surface area contributed by atoms with E-state index in [-0.39, 0.29) is 18.2 Å². The van der Waals surface area contributed by atoms with Gasteiger partial charge in [0, 0.05) is 11.6 Å². The molecule has 0 saturated carbocycles. The number of nitrogens with zero attached hydrogens (tertiary/aromatic N) is 2. The highest BCUT2D eigenvalue weighted by molar-refractivity contribution is 9.10. The van der Waals surface area contributed by atoms with Gasteiger partial charge in [-0.1, -0.05) is 0 Å². The molecule has 1 unspecified atom stereocenters. The average Bonchev–Trinajstić information content (AvgIpc) is 2.23. The van der Waals surface area contributed by atoms with Gasteiger partial charge in [0.1, 0.15) is 12.0 Å². The van der Waals surface area contributed by atoms with Crippen molar-refractivity contribution >= 4 is 33.4 Å². The number of hydrogen-bond donors (Lipinski definition) is 2. The molecule has 0 aliphatic rings. The molecule has 8 heteroatoms. The Morgan fingerprint density at radius 2 is 2.33 bits per heavy atom. The topological polar surface area (TPSA) is 105 Å². The van der Waals surface area contributed by atoms with E-state index in [0.717, 1.165) is 6.20 Å². The number of hydrogen-bond acceptors (Lipinski definition) is 5. The Morgan fingerprint density at radius 3 is 2.83 bits per heavy atom. The highest BCUT2D eigenvalue weighted by Gasteiger charge is 2.18. The fourth-order valence-corrected chi connectivity index (χ4v) is 1.82. The molecule has 1 aromatic heterocycles. The molecule has 0 aliphatic carbocycles. The molecule has 0 bridgehead atoms. The Kier molecular flexibility index (Phi) is 4.60. The summed E-state index contributed by atoms with van der Waals surface area (Å²) >= 11 is 3.22. The van der Waals surface area contributed by atoms with Crippen LogP contribution in [0.5, 0.6) is 0 Å². The zero-order valence-electron chi connectivity index (χ0n) is 9.81. The molecule has 1 aromatic rings. The molecule has 98 valence electrons. The van der Waals surface area contributed by atoms with Gasteiger partial charge in [-0.05, 0) is 29.8 Å². The SMILES string of the molecule is Cc1c([N+](=O)[O-])cnc(NC(C)CC(=O)O)c1Br. The summed E-state index contributed by atoms with van der Waals surface area (Å²) in [5, 5.41) is 22.2. The second-order valence-corrected chi connectivity index (χ2v) is 4.62. The lowest BCUT2D eigenvalue weighted by molar-refractivity contribution is -0.385. The van der Waals surface area contributed by atoms with Crippen molar-refractivity contribution in [2.24, 2.45) is 0 Å². The maximum Gasteiger partial charge on any atom is 0.305 e. The first-order valence-electron chi connectivity index (χ1n) is 5.10. The smallest absolute Gasteiger partial charge is 0.305 e. The summed E-state index contributed by atoms with van der Waals surface area (Å²) in [4.78, 5) is 24.6. The number of nitrogens with one attached hydrogen (secondary N) is 1. The van der Waals surface area contributed by atoms with E-state index in [1.807, 2.05) is 0 Å². The van der Waals surface area contributed by atoms with Crippen molar-refractivity contribution in [1.29, 1.82) is 0 Å². The molecule has 0 saturated heterocycles. The maximum absolute atomic E-state index is 10.7. The summed E-state index contributed by atoms with van der Waals surface area (Å²) in [7, 11) is 0. The van der Waals surface area contributed by atoms with E-state index in [4.69, 9.17) is 5.11 Å². The number of carboxylic acids is 1. The number of carbonyl (C=O) groups is 1. The minimum Gasteiger partial charge on any atom is -0.481 e. The molecule has 0 radical (unpaired) electrons. The molecular weight excluding hydrogens is 306 g/mol. The van der Waals surface area contributed by atoms with Crippen molar-refractivity contribution in [3.63, 3.8) is 0 Å². The van der Waals surface area contributed by atoms with E-state index in [9.17, 15) is 14.9 Å². The number of carboxylic acid groups (broad SMARTS) is 1. The van der Waals surface area contributed by atoms with Gasteiger partial charge in [0.05, 0.1) is 15.8 Å². The zero-order valence-corrected chi connectivity index (χ0v) is 11.4. The van der Waals surface area contributed by atoms with Crippen LogP contribution in [0.1, 0.15) is 18.9 Å². The van der Waals surface area contributed by atoms with Gasteiger partial charge in [-0.2, -0.15) is 0 Å². The number of nitro groups is 1. The quantitative estimate of drug-likeness (QED) is 0.637. The first kappa shape index (κ1) is 14.4. The number of halogens is 1. The van der Waals surface area contributed by atoms with Gasteiger partial charge in [0.15, 0.2) is 0 Å². The second-order valence-electron chi connectivity index (χ2n) is 3.83. The third-order valence-corrected chi connectivity index (χ3v) is 3.27. The lowest BCUT2D eigenvalue weighted by Gasteiger charge is -2.14. The zero-order chi connectivity index (χ0) is 13.9. The van der Waals surface area contributed by atoms with E-state index in [2.05, 4.69) is 26.2 Å². The summed E-state index contributed by atoms with van der Waals surface area (Å²) in [6.45, 7) is 3.29. The van der Waals surface area contributed by atoms with Crippen LogP contribution in [0.3, 0.4) is 0 Å². The summed E-state index contributed by atoms with van der Waals surface area (Å²) in [5.41, 5.74) is 0.360. The van der Waals surface area contributed by atoms with Crippen molar-refractivity contribution in [3.05, 3.63) is 26.3 Å². The molecule has 0 aromatic carbocycles. The van der Waals surface area contributed by atoms with E-state index < -0.39 is 10.9 Å². The monoisotopic (exact) mass is 317 g/mol. The molecule has 0 spiro atoms. The maximum atomic E-state index is 10.7. The van der Waals surface area contributed by atoms with E-state index >= 15 is 0 Å². The van der Waals surface area contributed by atoms with E-state index in [1.165, 1.54) is 0 Å². The summed E-state index contributed by atoms with van der Waals surface area (Å²) in [6, 6.07) is -0.327. The molecule has 1 heterocycles. The van der Waals surface area contributed by atoms with Crippen LogP contribution < -0.4 is 5.32 Å². The highest BCUT2D eigenvalue weighted by Crippen LogP contribution is 2.30. The molecule has 1 atom stereocenters. The van der Waals surface area contributed by atoms with Crippen molar-refractivity contribution in [1.82, 2.24) is 4.98 Å². The largest absolute Gasteiger partial charge is 0.481 e. The van der Waals surface area contributed by atoms with Gasteiger partial charge < -0.3 is 10.4 Å². The molecule has 0 fully saturated rings. The predicted octanol–water partition coefficient (Wildman–Crippen LogP) is 2.34. The minimum absolute atomic E-state index is 0.0653. The standard InChI is InChI=1S/C10H12BrN3O4/c1-5(3-8(15)16)13-10-9(11)6(2)7(4-12-10)14(17)18/h4-5H,3H2,1-2H3,(H,12,13)(H,15,16). The normalized spacial score (nSPS) is 11.9. The highest BCUT2D eigenvalue weighted by atomic mass is 79.9. The lowest BCUT2D eigenvalue weighted by atomic mass is 10.2.